The second-order valence-electron chi connectivity index (χ2n) is 4.92. The van der Waals surface area contributed by atoms with Gasteiger partial charge < -0.3 is 14.6 Å². The van der Waals surface area contributed by atoms with Crippen LogP contribution >= 0.6 is 0 Å². The number of rotatable bonds is 7. The van der Waals surface area contributed by atoms with E-state index >= 15 is 0 Å². The van der Waals surface area contributed by atoms with Crippen molar-refractivity contribution in [3.63, 3.8) is 0 Å². The van der Waals surface area contributed by atoms with Crippen molar-refractivity contribution in [2.24, 2.45) is 0 Å². The first-order valence-electron chi connectivity index (χ1n) is 7.22. The number of aromatic nitrogens is 6. The summed E-state index contributed by atoms with van der Waals surface area (Å²) in [7, 11) is 1.65. The van der Waals surface area contributed by atoms with Crippen LogP contribution in [0.15, 0.2) is 31.0 Å². The maximum atomic E-state index is 12.3. The third-order valence-electron chi connectivity index (χ3n) is 3.43. The highest BCUT2D eigenvalue weighted by Crippen LogP contribution is 2.07. The number of hydrogen-bond acceptors (Lipinski definition) is 6. The summed E-state index contributed by atoms with van der Waals surface area (Å²) < 4.78 is 8.66. The van der Waals surface area contributed by atoms with Crippen molar-refractivity contribution in [2.45, 2.75) is 13.0 Å². The highest BCUT2D eigenvalue weighted by molar-refractivity contribution is 5.99. The zero-order valence-electron chi connectivity index (χ0n) is 12.7. The van der Waals surface area contributed by atoms with E-state index in [9.17, 15) is 4.79 Å². The molecular weight excluding hydrogens is 298 g/mol. The van der Waals surface area contributed by atoms with Gasteiger partial charge in [0.1, 0.15) is 18.5 Å². The standard InChI is InChI=1S/C14H17N7O2/c1-23-8-7-20-9-16-18-12(20)4-5-15-14(22)11-3-2-6-21-10-17-19-13(11)21/h2-3,6,9-10H,4-5,7-8H2,1H3,(H,15,22). The third kappa shape index (κ3) is 3.34. The van der Waals surface area contributed by atoms with Gasteiger partial charge in [0, 0.05) is 32.8 Å². The van der Waals surface area contributed by atoms with E-state index in [0.717, 1.165) is 5.82 Å². The fourth-order valence-electron chi connectivity index (χ4n) is 2.26. The molecule has 0 radical (unpaired) electrons. The molecule has 0 aliphatic rings. The van der Waals surface area contributed by atoms with E-state index in [2.05, 4.69) is 25.7 Å². The van der Waals surface area contributed by atoms with E-state index in [4.69, 9.17) is 4.74 Å². The van der Waals surface area contributed by atoms with Crippen molar-refractivity contribution >= 4 is 11.6 Å². The Balaban J connectivity index is 1.60. The van der Waals surface area contributed by atoms with Gasteiger partial charge in [-0.15, -0.1) is 20.4 Å². The van der Waals surface area contributed by atoms with E-state index in [1.165, 1.54) is 0 Å². The summed E-state index contributed by atoms with van der Waals surface area (Å²) in [4.78, 5) is 12.3. The molecule has 3 heterocycles. The second-order valence-corrected chi connectivity index (χ2v) is 4.92. The first kappa shape index (κ1) is 15.1. The summed E-state index contributed by atoms with van der Waals surface area (Å²) in [6.45, 7) is 1.73. The number of amides is 1. The van der Waals surface area contributed by atoms with E-state index < -0.39 is 0 Å². The number of carbonyl (C=O) groups excluding carboxylic acids is 1. The normalized spacial score (nSPS) is 11.0. The van der Waals surface area contributed by atoms with Crippen LogP contribution in [0.2, 0.25) is 0 Å². The molecule has 3 rings (SSSR count). The van der Waals surface area contributed by atoms with Gasteiger partial charge in [0.2, 0.25) is 0 Å². The lowest BCUT2D eigenvalue weighted by atomic mass is 10.2. The molecule has 9 heteroatoms. The SMILES string of the molecule is COCCn1cnnc1CCNC(=O)c1cccn2cnnc12. The van der Waals surface area contributed by atoms with Crippen LogP contribution in [-0.4, -0.2) is 55.5 Å². The predicted molar refractivity (Wildman–Crippen MR) is 80.9 cm³/mol. The summed E-state index contributed by atoms with van der Waals surface area (Å²) in [5.74, 6) is 0.620. The minimum atomic E-state index is -0.188. The van der Waals surface area contributed by atoms with Gasteiger partial charge in [0.15, 0.2) is 5.65 Å². The number of hydrogen-bond donors (Lipinski definition) is 1. The maximum Gasteiger partial charge on any atom is 0.255 e. The lowest BCUT2D eigenvalue weighted by Crippen LogP contribution is -2.27. The minimum absolute atomic E-state index is 0.188. The average molecular weight is 315 g/mol. The van der Waals surface area contributed by atoms with Crippen LogP contribution in [0.1, 0.15) is 16.2 Å². The fourth-order valence-corrected chi connectivity index (χ4v) is 2.26. The Morgan fingerprint density at radius 1 is 1.30 bits per heavy atom. The van der Waals surface area contributed by atoms with Gasteiger partial charge in [0.25, 0.3) is 5.91 Å². The monoisotopic (exact) mass is 315 g/mol. The number of carbonyl (C=O) groups is 1. The average Bonchev–Trinajstić information content (AvgIpc) is 3.21. The van der Waals surface area contributed by atoms with Crippen molar-refractivity contribution in [1.82, 2.24) is 34.7 Å². The zero-order valence-corrected chi connectivity index (χ0v) is 12.7. The molecule has 1 amide bonds. The summed E-state index contributed by atoms with van der Waals surface area (Å²) in [5.41, 5.74) is 1.03. The molecule has 0 saturated heterocycles. The van der Waals surface area contributed by atoms with Gasteiger partial charge in [-0.3, -0.25) is 9.20 Å². The smallest absolute Gasteiger partial charge is 0.255 e. The van der Waals surface area contributed by atoms with Gasteiger partial charge in [0.05, 0.1) is 12.2 Å². The van der Waals surface area contributed by atoms with E-state index in [-0.39, 0.29) is 5.91 Å². The number of nitrogens with zero attached hydrogens (tertiary/aromatic N) is 6. The molecule has 0 atom stereocenters. The Bertz CT molecular complexity index is 795. The molecule has 9 nitrogen and oxygen atoms in total. The molecule has 0 aromatic carbocycles. The van der Waals surface area contributed by atoms with Crippen LogP contribution in [0.5, 0.6) is 0 Å². The third-order valence-corrected chi connectivity index (χ3v) is 3.43. The molecule has 0 saturated carbocycles. The maximum absolute atomic E-state index is 12.3. The molecule has 0 spiro atoms. The van der Waals surface area contributed by atoms with Crippen molar-refractivity contribution in [2.75, 3.05) is 20.3 Å². The lowest BCUT2D eigenvalue weighted by molar-refractivity contribution is 0.0955. The summed E-state index contributed by atoms with van der Waals surface area (Å²) in [6, 6.07) is 3.51. The molecule has 1 N–H and O–H groups in total. The summed E-state index contributed by atoms with van der Waals surface area (Å²) >= 11 is 0. The van der Waals surface area contributed by atoms with Crippen molar-refractivity contribution in [3.05, 3.63) is 42.4 Å². The predicted octanol–water partition coefficient (Wildman–Crippen LogP) is -0.0603. The van der Waals surface area contributed by atoms with Gasteiger partial charge in [-0.1, -0.05) is 0 Å². The fraction of sp³-hybridized carbons (Fsp3) is 0.357. The quantitative estimate of drug-likeness (QED) is 0.656. The molecule has 0 aliphatic carbocycles. The number of pyridine rings is 1. The van der Waals surface area contributed by atoms with Crippen molar-refractivity contribution in [3.8, 4) is 0 Å². The summed E-state index contributed by atoms with van der Waals surface area (Å²) in [5, 5.41) is 18.6. The Labute approximate surface area is 132 Å². The second kappa shape index (κ2) is 6.97. The number of nitrogens with one attached hydrogen (secondary N) is 1. The Morgan fingerprint density at radius 2 is 2.17 bits per heavy atom. The minimum Gasteiger partial charge on any atom is -0.383 e. The molecule has 0 bridgehead atoms. The number of ether oxygens (including phenoxy) is 1. The highest BCUT2D eigenvalue weighted by Gasteiger charge is 2.12. The first-order valence-corrected chi connectivity index (χ1v) is 7.22. The zero-order chi connectivity index (χ0) is 16.1. The topological polar surface area (TPSA) is 99.2 Å². The van der Waals surface area contributed by atoms with Crippen LogP contribution in [0, 0.1) is 0 Å². The van der Waals surface area contributed by atoms with Gasteiger partial charge in [-0.25, -0.2) is 0 Å². The molecule has 0 aliphatic heterocycles. The van der Waals surface area contributed by atoms with Crippen LogP contribution in [0.3, 0.4) is 0 Å². The van der Waals surface area contributed by atoms with E-state index in [1.807, 2.05) is 4.57 Å². The molecule has 120 valence electrons. The Hall–Kier alpha value is -2.81. The van der Waals surface area contributed by atoms with Crippen LogP contribution < -0.4 is 5.32 Å². The largest absolute Gasteiger partial charge is 0.383 e. The molecule has 23 heavy (non-hydrogen) atoms. The van der Waals surface area contributed by atoms with Crippen molar-refractivity contribution in [1.29, 1.82) is 0 Å². The highest BCUT2D eigenvalue weighted by atomic mass is 16.5. The lowest BCUT2D eigenvalue weighted by Gasteiger charge is -2.07. The first-order chi connectivity index (χ1) is 11.3. The van der Waals surface area contributed by atoms with Gasteiger partial charge in [-0.2, -0.15) is 0 Å². The van der Waals surface area contributed by atoms with E-state index in [1.54, 1.807) is 42.5 Å². The summed E-state index contributed by atoms with van der Waals surface area (Å²) in [6.07, 6.45) is 5.60. The molecule has 0 unspecified atom stereocenters. The molecule has 3 aromatic rings. The molecular formula is C14H17N7O2. The molecule has 3 aromatic heterocycles. The van der Waals surface area contributed by atoms with Gasteiger partial charge >= 0.3 is 0 Å². The van der Waals surface area contributed by atoms with Crippen LogP contribution in [-0.2, 0) is 17.7 Å². The van der Waals surface area contributed by atoms with Crippen LogP contribution in [0.4, 0.5) is 0 Å². The van der Waals surface area contributed by atoms with Gasteiger partial charge in [-0.05, 0) is 12.1 Å². The molecule has 0 fully saturated rings. The number of fused-ring (bicyclic) bond motifs is 1. The number of methoxy groups -OCH3 is 1. The van der Waals surface area contributed by atoms with Crippen LogP contribution in [0.25, 0.3) is 5.65 Å². The van der Waals surface area contributed by atoms with E-state index in [0.29, 0.717) is 37.3 Å². The Kier molecular flexibility index (Phi) is 4.57. The Morgan fingerprint density at radius 3 is 3.04 bits per heavy atom. The van der Waals surface area contributed by atoms with Crippen molar-refractivity contribution < 1.29 is 9.53 Å².